The number of aldehydes is 1. The number of halogens is 3. The van der Waals surface area contributed by atoms with Crippen LogP contribution in [0, 0.1) is 11.6 Å². The molecule has 0 aliphatic heterocycles. The quantitative estimate of drug-likeness (QED) is 0.337. The smallest absolute Gasteiger partial charge is 0.159 e. The third-order valence-corrected chi connectivity index (χ3v) is 6.15. The molecule has 0 saturated carbocycles. The van der Waals surface area contributed by atoms with Crippen LogP contribution in [0.1, 0.15) is 26.9 Å². The van der Waals surface area contributed by atoms with Crippen molar-refractivity contribution in [1.29, 1.82) is 0 Å². The number of benzene rings is 3. The second kappa shape index (κ2) is 11.1. The largest absolute Gasteiger partial charge is 0.400 e. The van der Waals surface area contributed by atoms with Gasteiger partial charge in [-0.05, 0) is 35.4 Å². The lowest BCUT2D eigenvalue weighted by molar-refractivity contribution is -0.107. The molecule has 1 heterocycles. The number of hydrogen-bond donors (Lipinski definition) is 1. The number of aliphatic hydroxyl groups is 1. The second-order valence-corrected chi connectivity index (χ2v) is 8.27. The van der Waals surface area contributed by atoms with Crippen molar-refractivity contribution in [3.05, 3.63) is 110 Å². The van der Waals surface area contributed by atoms with Gasteiger partial charge in [0.05, 0.1) is 11.6 Å². The van der Waals surface area contributed by atoms with Gasteiger partial charge in [-0.15, -0.1) is 11.3 Å². The molecule has 164 valence electrons. The molecule has 3 nitrogen and oxygen atoms in total. The normalized spacial score (nSPS) is 11.4. The van der Waals surface area contributed by atoms with E-state index in [1.54, 1.807) is 18.2 Å². The summed E-state index contributed by atoms with van der Waals surface area (Å²) in [6.07, 6.45) is 1.06. The molecule has 4 aromatic rings. The maximum atomic E-state index is 14.0. The van der Waals surface area contributed by atoms with Crippen molar-refractivity contribution in [2.24, 2.45) is 0 Å². The molecule has 4 rings (SSSR count). The number of aromatic nitrogens is 1. The Hall–Kier alpha value is -2.93. The molecule has 1 atom stereocenters. The molecule has 0 spiro atoms. The van der Waals surface area contributed by atoms with E-state index in [4.69, 9.17) is 21.7 Å². The number of nitrogens with zero attached hydrogens (tertiary/aromatic N) is 1. The van der Waals surface area contributed by atoms with Crippen molar-refractivity contribution in [1.82, 2.24) is 4.98 Å². The Morgan fingerprint density at radius 2 is 1.66 bits per heavy atom. The summed E-state index contributed by atoms with van der Waals surface area (Å²) in [4.78, 5) is 16.9. The molecule has 0 fully saturated rings. The van der Waals surface area contributed by atoms with Gasteiger partial charge in [0.25, 0.3) is 0 Å². The first-order valence-electron chi connectivity index (χ1n) is 9.70. The molecule has 0 bridgehead atoms. The van der Waals surface area contributed by atoms with Crippen molar-refractivity contribution in [3.8, 4) is 11.3 Å². The number of carbonyl (C=O) groups excluding carboxylic acids is 1. The van der Waals surface area contributed by atoms with Gasteiger partial charge in [0.1, 0.15) is 11.3 Å². The SMILES string of the molecule is CO.O=CCc1sc(C(c2ccccc2)c2ccc(F)c(F)c2)nc1-c1ccc(Cl)cc1. The number of hydrogen-bond acceptors (Lipinski definition) is 4. The van der Waals surface area contributed by atoms with Crippen LogP contribution in [0.2, 0.25) is 5.02 Å². The Bertz CT molecular complexity index is 1180. The standard InChI is InChI=1S/C24H16ClF2NOS.CH4O/c25-18-9-6-16(7-10-18)23-21(12-13-29)30-24(28-23)22(15-4-2-1-3-5-15)17-8-11-19(26)20(27)14-17;1-2/h1-11,13-14,22H,12H2;2H,1H3. The first-order valence-corrected chi connectivity index (χ1v) is 10.9. The molecule has 1 unspecified atom stereocenters. The molecule has 0 amide bonds. The predicted octanol–water partition coefficient (Wildman–Crippen LogP) is 6.27. The maximum absolute atomic E-state index is 14.0. The van der Waals surface area contributed by atoms with Gasteiger partial charge in [-0.2, -0.15) is 0 Å². The highest BCUT2D eigenvalue weighted by molar-refractivity contribution is 7.12. The Balaban J connectivity index is 0.00000141. The average molecular weight is 472 g/mol. The van der Waals surface area contributed by atoms with Crippen LogP contribution in [-0.4, -0.2) is 23.5 Å². The van der Waals surface area contributed by atoms with E-state index >= 15 is 0 Å². The van der Waals surface area contributed by atoms with Crippen LogP contribution in [-0.2, 0) is 11.2 Å². The lowest BCUT2D eigenvalue weighted by Crippen LogP contribution is -2.04. The minimum Gasteiger partial charge on any atom is -0.400 e. The third kappa shape index (κ3) is 5.27. The van der Waals surface area contributed by atoms with Gasteiger partial charge >= 0.3 is 0 Å². The summed E-state index contributed by atoms with van der Waals surface area (Å²) >= 11 is 7.40. The monoisotopic (exact) mass is 471 g/mol. The number of carbonyl (C=O) groups is 1. The predicted molar refractivity (Wildman–Crippen MR) is 124 cm³/mol. The lowest BCUT2D eigenvalue weighted by atomic mass is 9.91. The van der Waals surface area contributed by atoms with Gasteiger partial charge in [0, 0.05) is 29.0 Å². The molecule has 0 radical (unpaired) electrons. The number of rotatable bonds is 6. The number of thiazole rings is 1. The number of aliphatic hydroxyl groups excluding tert-OH is 1. The van der Waals surface area contributed by atoms with Crippen molar-refractivity contribution >= 4 is 29.2 Å². The van der Waals surface area contributed by atoms with Crippen LogP contribution >= 0.6 is 22.9 Å². The van der Waals surface area contributed by atoms with E-state index in [9.17, 15) is 13.6 Å². The van der Waals surface area contributed by atoms with E-state index in [1.165, 1.54) is 17.4 Å². The van der Waals surface area contributed by atoms with Crippen LogP contribution < -0.4 is 0 Å². The third-order valence-electron chi connectivity index (χ3n) is 4.76. The Morgan fingerprint density at radius 3 is 2.28 bits per heavy atom. The molecule has 0 aliphatic rings. The van der Waals surface area contributed by atoms with Crippen molar-refractivity contribution in [2.45, 2.75) is 12.3 Å². The molecule has 7 heteroatoms. The highest BCUT2D eigenvalue weighted by Gasteiger charge is 2.24. The summed E-state index contributed by atoms with van der Waals surface area (Å²) in [6.45, 7) is 0. The Labute approximate surface area is 194 Å². The maximum Gasteiger partial charge on any atom is 0.159 e. The Morgan fingerprint density at radius 1 is 0.969 bits per heavy atom. The second-order valence-electron chi connectivity index (χ2n) is 6.72. The van der Waals surface area contributed by atoms with Gasteiger partial charge in [-0.3, -0.25) is 0 Å². The highest BCUT2D eigenvalue weighted by atomic mass is 35.5. The summed E-state index contributed by atoms with van der Waals surface area (Å²) in [5, 5.41) is 8.31. The Kier molecular flexibility index (Phi) is 8.22. The van der Waals surface area contributed by atoms with E-state index in [-0.39, 0.29) is 6.42 Å². The van der Waals surface area contributed by atoms with Crippen LogP contribution in [0.5, 0.6) is 0 Å². The molecule has 1 N–H and O–H groups in total. The molecule has 32 heavy (non-hydrogen) atoms. The zero-order valence-corrected chi connectivity index (χ0v) is 18.7. The van der Waals surface area contributed by atoms with E-state index in [0.29, 0.717) is 21.3 Å². The fourth-order valence-electron chi connectivity index (χ4n) is 3.36. The van der Waals surface area contributed by atoms with Crippen LogP contribution in [0.3, 0.4) is 0 Å². The lowest BCUT2D eigenvalue weighted by Gasteiger charge is -2.16. The summed E-state index contributed by atoms with van der Waals surface area (Å²) < 4.78 is 27.6. The minimum atomic E-state index is -0.906. The van der Waals surface area contributed by atoms with Crippen molar-refractivity contribution in [2.75, 3.05) is 7.11 Å². The molecular weight excluding hydrogens is 452 g/mol. The van der Waals surface area contributed by atoms with Gasteiger partial charge in [0.2, 0.25) is 0 Å². The summed E-state index contributed by atoms with van der Waals surface area (Å²) in [5.74, 6) is -2.19. The minimum absolute atomic E-state index is 0.217. The van der Waals surface area contributed by atoms with Gasteiger partial charge < -0.3 is 9.90 Å². The average Bonchev–Trinajstić information content (AvgIpc) is 3.22. The highest BCUT2D eigenvalue weighted by Crippen LogP contribution is 2.39. The summed E-state index contributed by atoms with van der Waals surface area (Å²) in [6, 6.07) is 20.7. The fourth-order valence-corrected chi connectivity index (χ4v) is 4.67. The molecule has 0 saturated heterocycles. The fraction of sp³-hybridized carbons (Fsp3) is 0.120. The van der Waals surface area contributed by atoms with Gasteiger partial charge in [-0.25, -0.2) is 13.8 Å². The molecular formula is C25H20ClF2NO2S. The van der Waals surface area contributed by atoms with Crippen LogP contribution in [0.4, 0.5) is 8.78 Å². The summed E-state index contributed by atoms with van der Waals surface area (Å²) in [5.41, 5.74) is 3.03. The molecule has 1 aromatic heterocycles. The van der Waals surface area contributed by atoms with E-state index in [2.05, 4.69) is 0 Å². The van der Waals surface area contributed by atoms with E-state index < -0.39 is 17.6 Å². The first kappa shape index (κ1) is 23.7. The van der Waals surface area contributed by atoms with E-state index in [0.717, 1.165) is 35.5 Å². The van der Waals surface area contributed by atoms with Crippen molar-refractivity contribution < 1.29 is 18.7 Å². The van der Waals surface area contributed by atoms with Crippen LogP contribution in [0.15, 0.2) is 72.8 Å². The van der Waals surface area contributed by atoms with Crippen LogP contribution in [0.25, 0.3) is 11.3 Å². The zero-order valence-electron chi connectivity index (χ0n) is 17.1. The topological polar surface area (TPSA) is 50.2 Å². The molecule has 3 aromatic carbocycles. The molecule has 0 aliphatic carbocycles. The van der Waals surface area contributed by atoms with Crippen molar-refractivity contribution in [3.63, 3.8) is 0 Å². The van der Waals surface area contributed by atoms with Gasteiger partial charge in [-0.1, -0.05) is 60.1 Å². The first-order chi connectivity index (χ1) is 15.6. The van der Waals surface area contributed by atoms with Gasteiger partial charge in [0.15, 0.2) is 11.6 Å². The zero-order chi connectivity index (χ0) is 23.1. The summed E-state index contributed by atoms with van der Waals surface area (Å²) in [7, 11) is 1.00. The van der Waals surface area contributed by atoms with E-state index in [1.807, 2.05) is 42.5 Å².